The van der Waals surface area contributed by atoms with Gasteiger partial charge in [0.1, 0.15) is 0 Å². The summed E-state index contributed by atoms with van der Waals surface area (Å²) in [5.74, 6) is 0.903. The Balaban J connectivity index is 1.97. The number of carbonyl (C=O) groups excluding carboxylic acids is 1. The summed E-state index contributed by atoms with van der Waals surface area (Å²) < 4.78 is 0. The zero-order chi connectivity index (χ0) is 8.01. The van der Waals surface area contributed by atoms with Crippen molar-refractivity contribution in [2.24, 2.45) is 5.92 Å². The van der Waals surface area contributed by atoms with E-state index in [0.717, 1.165) is 18.5 Å². The molecule has 0 radical (unpaired) electrons. The van der Waals surface area contributed by atoms with Gasteiger partial charge in [-0.25, -0.2) is 0 Å². The largest absolute Gasteiger partial charge is 0.332 e. The van der Waals surface area contributed by atoms with Gasteiger partial charge in [0.15, 0.2) is 0 Å². The lowest BCUT2D eigenvalue weighted by atomic mass is 9.87. The second-order valence-electron chi connectivity index (χ2n) is 3.68. The van der Waals surface area contributed by atoms with Gasteiger partial charge in [0.2, 0.25) is 5.91 Å². The fourth-order valence-corrected chi connectivity index (χ4v) is 1.52. The Morgan fingerprint density at radius 2 is 2.18 bits per heavy atom. The topological polar surface area (TPSA) is 20.1 Å². The molecule has 0 bridgehead atoms. The lowest BCUT2D eigenvalue weighted by molar-refractivity contribution is -0.122. The first-order chi connectivity index (χ1) is 5.18. The van der Waals surface area contributed by atoms with Crippen LogP contribution < -0.4 is 0 Å². The molecule has 0 N–H and O–H groups in total. The first kappa shape index (κ1) is 6.89. The molecule has 0 saturated carbocycles. The highest BCUT2D eigenvalue weighted by molar-refractivity contribution is 5.96. The molecular weight excluding hydrogens is 138 g/mol. The Morgan fingerprint density at radius 1 is 1.64 bits per heavy atom. The highest BCUT2D eigenvalue weighted by Crippen LogP contribution is 2.30. The van der Waals surface area contributed by atoms with Gasteiger partial charge < -0.3 is 4.90 Å². The van der Waals surface area contributed by atoms with Crippen LogP contribution in [-0.2, 0) is 4.79 Å². The molecule has 0 aromatic heterocycles. The zero-order valence-electron chi connectivity index (χ0n) is 7.00. The molecule has 1 aliphatic heterocycles. The molecule has 1 aliphatic carbocycles. The molecule has 11 heavy (non-hydrogen) atoms. The van der Waals surface area contributed by atoms with Crippen LogP contribution >= 0.6 is 0 Å². The van der Waals surface area contributed by atoms with Crippen molar-refractivity contribution >= 4 is 5.91 Å². The minimum absolute atomic E-state index is 0.274. The molecule has 0 aromatic rings. The maximum absolute atomic E-state index is 11.4. The van der Waals surface area contributed by atoms with Crippen LogP contribution in [0.25, 0.3) is 0 Å². The van der Waals surface area contributed by atoms with Gasteiger partial charge in [-0.3, -0.25) is 4.79 Å². The van der Waals surface area contributed by atoms with Crippen molar-refractivity contribution in [1.82, 2.24) is 4.90 Å². The third-order valence-electron chi connectivity index (χ3n) is 2.42. The number of carbonyl (C=O) groups is 1. The van der Waals surface area contributed by atoms with Gasteiger partial charge in [0.05, 0.1) is 0 Å². The highest BCUT2D eigenvalue weighted by Gasteiger charge is 2.37. The van der Waals surface area contributed by atoms with E-state index in [0.29, 0.717) is 12.0 Å². The van der Waals surface area contributed by atoms with Crippen molar-refractivity contribution in [3.63, 3.8) is 0 Å². The van der Waals surface area contributed by atoms with Crippen LogP contribution in [-0.4, -0.2) is 23.4 Å². The van der Waals surface area contributed by atoms with Gasteiger partial charge in [-0.1, -0.05) is 13.0 Å². The molecule has 2 heteroatoms. The number of amides is 1. The fraction of sp³-hybridized carbons (Fsp3) is 0.667. The molecular formula is C9H13NO. The summed E-state index contributed by atoms with van der Waals surface area (Å²) in [6.45, 7) is 5.19. The summed E-state index contributed by atoms with van der Waals surface area (Å²) in [7, 11) is 0. The molecule has 1 fully saturated rings. The van der Waals surface area contributed by atoms with Crippen LogP contribution in [0.1, 0.15) is 20.3 Å². The third kappa shape index (κ3) is 1.06. The van der Waals surface area contributed by atoms with E-state index < -0.39 is 0 Å². The lowest BCUT2D eigenvalue weighted by Crippen LogP contribution is -2.22. The number of nitrogens with zero attached hydrogens (tertiary/aromatic N) is 1. The minimum Gasteiger partial charge on any atom is -0.332 e. The number of rotatable bonds is 1. The standard InChI is InChI=1S/C9H13NO/c1-6-3-8(4-6)9(11)10-5-7(10)2/h3,6-7H,4-5H2,1-2H3. The van der Waals surface area contributed by atoms with Crippen molar-refractivity contribution in [1.29, 1.82) is 0 Å². The van der Waals surface area contributed by atoms with Crippen LogP contribution in [0.2, 0.25) is 0 Å². The second-order valence-corrected chi connectivity index (χ2v) is 3.68. The molecule has 2 rings (SSSR count). The molecule has 2 nitrogen and oxygen atoms in total. The van der Waals surface area contributed by atoms with Crippen LogP contribution in [0.3, 0.4) is 0 Å². The number of hydrogen-bond donors (Lipinski definition) is 0. The van der Waals surface area contributed by atoms with Crippen LogP contribution in [0.4, 0.5) is 0 Å². The summed E-state index contributed by atoms with van der Waals surface area (Å²) in [6, 6.07) is 0.499. The summed E-state index contributed by atoms with van der Waals surface area (Å²) in [4.78, 5) is 13.3. The average Bonchev–Trinajstić information content (AvgIpc) is 2.58. The monoisotopic (exact) mass is 151 g/mol. The Morgan fingerprint density at radius 3 is 2.55 bits per heavy atom. The summed E-state index contributed by atoms with van der Waals surface area (Å²) >= 11 is 0. The Labute approximate surface area is 66.9 Å². The molecule has 60 valence electrons. The Bertz CT molecular complexity index is 232. The Hall–Kier alpha value is -0.790. The molecule has 1 heterocycles. The molecule has 2 atom stereocenters. The third-order valence-corrected chi connectivity index (χ3v) is 2.42. The number of allylic oxidation sites excluding steroid dienone is 1. The SMILES string of the molecule is CC1C=C(C(=O)N2CC2C)C1. The van der Waals surface area contributed by atoms with E-state index >= 15 is 0 Å². The van der Waals surface area contributed by atoms with E-state index in [2.05, 4.69) is 19.9 Å². The molecule has 1 amide bonds. The van der Waals surface area contributed by atoms with E-state index in [1.54, 1.807) is 0 Å². The fourth-order valence-electron chi connectivity index (χ4n) is 1.52. The summed E-state index contributed by atoms with van der Waals surface area (Å²) in [5.41, 5.74) is 1.03. The summed E-state index contributed by atoms with van der Waals surface area (Å²) in [5, 5.41) is 0. The lowest BCUT2D eigenvalue weighted by Gasteiger charge is -2.20. The molecule has 2 unspecified atom stereocenters. The van der Waals surface area contributed by atoms with E-state index in [1.165, 1.54) is 0 Å². The average molecular weight is 151 g/mol. The smallest absolute Gasteiger partial charge is 0.249 e. The van der Waals surface area contributed by atoms with E-state index in [1.807, 2.05) is 4.90 Å². The predicted molar refractivity (Wildman–Crippen MR) is 43.0 cm³/mol. The van der Waals surface area contributed by atoms with Gasteiger partial charge in [-0.15, -0.1) is 0 Å². The van der Waals surface area contributed by atoms with Crippen molar-refractivity contribution in [2.45, 2.75) is 26.3 Å². The van der Waals surface area contributed by atoms with Crippen molar-refractivity contribution in [3.8, 4) is 0 Å². The van der Waals surface area contributed by atoms with Gasteiger partial charge in [0.25, 0.3) is 0 Å². The maximum atomic E-state index is 11.4. The van der Waals surface area contributed by atoms with Gasteiger partial charge >= 0.3 is 0 Å². The van der Waals surface area contributed by atoms with Crippen LogP contribution in [0.15, 0.2) is 11.6 Å². The minimum atomic E-state index is 0.274. The van der Waals surface area contributed by atoms with Crippen molar-refractivity contribution in [3.05, 3.63) is 11.6 Å². The van der Waals surface area contributed by atoms with Gasteiger partial charge in [0, 0.05) is 18.2 Å². The molecule has 0 spiro atoms. The molecule has 2 aliphatic rings. The van der Waals surface area contributed by atoms with Crippen molar-refractivity contribution < 1.29 is 4.79 Å². The normalized spacial score (nSPS) is 34.4. The van der Waals surface area contributed by atoms with Gasteiger partial charge in [-0.2, -0.15) is 0 Å². The first-order valence-electron chi connectivity index (χ1n) is 4.20. The van der Waals surface area contributed by atoms with E-state index in [-0.39, 0.29) is 5.91 Å². The Kier molecular flexibility index (Phi) is 1.31. The highest BCUT2D eigenvalue weighted by atomic mass is 16.2. The quantitative estimate of drug-likeness (QED) is 0.515. The van der Waals surface area contributed by atoms with Crippen LogP contribution in [0, 0.1) is 5.92 Å². The summed E-state index contributed by atoms with van der Waals surface area (Å²) in [6.07, 6.45) is 3.06. The van der Waals surface area contributed by atoms with Crippen molar-refractivity contribution in [2.75, 3.05) is 6.54 Å². The van der Waals surface area contributed by atoms with E-state index in [9.17, 15) is 4.79 Å². The van der Waals surface area contributed by atoms with Gasteiger partial charge in [-0.05, 0) is 19.3 Å². The second kappa shape index (κ2) is 2.10. The first-order valence-corrected chi connectivity index (χ1v) is 4.20. The molecule has 0 aromatic carbocycles. The predicted octanol–water partition coefficient (Wildman–Crippen LogP) is 1.18. The maximum Gasteiger partial charge on any atom is 0.249 e. The number of hydrogen-bond acceptors (Lipinski definition) is 1. The molecule has 1 saturated heterocycles. The van der Waals surface area contributed by atoms with E-state index in [4.69, 9.17) is 0 Å². The van der Waals surface area contributed by atoms with Crippen LogP contribution in [0.5, 0.6) is 0 Å². The zero-order valence-corrected chi connectivity index (χ0v) is 7.00.